The third kappa shape index (κ3) is 2.66. The fourth-order valence-electron chi connectivity index (χ4n) is 3.25. The summed E-state index contributed by atoms with van der Waals surface area (Å²) in [6, 6.07) is 2.34. The van der Waals surface area contributed by atoms with E-state index in [1.54, 1.807) is 11.3 Å². The van der Waals surface area contributed by atoms with Crippen molar-refractivity contribution < 1.29 is 9.59 Å². The maximum Gasteiger partial charge on any atom is 0.263 e. The zero-order chi connectivity index (χ0) is 14.1. The Kier molecular flexibility index (Phi) is 3.92. The molecule has 0 saturated heterocycles. The molecule has 20 heavy (non-hydrogen) atoms. The highest BCUT2D eigenvalue weighted by Crippen LogP contribution is 2.31. The van der Waals surface area contributed by atoms with Crippen LogP contribution in [0.25, 0.3) is 0 Å². The third-order valence-electron chi connectivity index (χ3n) is 4.59. The number of carbonyl (C=O) groups is 2. The average molecular weight is 291 g/mol. The lowest BCUT2D eigenvalue weighted by Crippen LogP contribution is -2.39. The van der Waals surface area contributed by atoms with Gasteiger partial charge < -0.3 is 4.90 Å². The Bertz CT molecular complexity index is 501. The number of aryl methyl sites for hydroxylation is 2. The topological polar surface area (TPSA) is 37.4 Å². The van der Waals surface area contributed by atoms with Gasteiger partial charge in [-0.05, 0) is 50.2 Å². The maximum absolute atomic E-state index is 12.6. The van der Waals surface area contributed by atoms with Crippen molar-refractivity contribution in [1.82, 2.24) is 4.90 Å². The number of nitrogens with zero attached hydrogens (tertiary/aromatic N) is 1. The molecule has 1 aromatic rings. The van der Waals surface area contributed by atoms with Gasteiger partial charge in [-0.15, -0.1) is 11.3 Å². The predicted octanol–water partition coefficient (Wildman–Crippen LogP) is 3.21. The molecule has 1 amide bonds. The van der Waals surface area contributed by atoms with Gasteiger partial charge in [-0.25, -0.2) is 0 Å². The van der Waals surface area contributed by atoms with Crippen LogP contribution in [0.2, 0.25) is 0 Å². The zero-order valence-corrected chi connectivity index (χ0v) is 12.8. The second kappa shape index (κ2) is 5.68. The van der Waals surface area contributed by atoms with Crippen LogP contribution in [0.5, 0.6) is 0 Å². The highest BCUT2D eigenvalue weighted by molar-refractivity contribution is 7.14. The van der Waals surface area contributed by atoms with E-state index in [4.69, 9.17) is 0 Å². The van der Waals surface area contributed by atoms with Crippen LogP contribution in [-0.2, 0) is 17.6 Å². The highest BCUT2D eigenvalue weighted by Gasteiger charge is 2.27. The summed E-state index contributed by atoms with van der Waals surface area (Å²) in [6.07, 6.45) is 7.67. The van der Waals surface area contributed by atoms with E-state index in [1.807, 2.05) is 11.9 Å². The summed E-state index contributed by atoms with van der Waals surface area (Å²) < 4.78 is 0. The minimum Gasteiger partial charge on any atom is -0.338 e. The molecule has 1 heterocycles. The summed E-state index contributed by atoms with van der Waals surface area (Å²) >= 11 is 1.68. The van der Waals surface area contributed by atoms with E-state index in [9.17, 15) is 9.59 Å². The largest absolute Gasteiger partial charge is 0.338 e. The van der Waals surface area contributed by atoms with Gasteiger partial charge in [-0.2, -0.15) is 0 Å². The molecule has 4 heteroatoms. The summed E-state index contributed by atoms with van der Waals surface area (Å²) in [5.74, 6) is 0.484. The Hall–Kier alpha value is -1.16. The number of ketones is 1. The molecule has 0 spiro atoms. The van der Waals surface area contributed by atoms with Gasteiger partial charge in [0.2, 0.25) is 0 Å². The molecule has 2 aliphatic rings. The van der Waals surface area contributed by atoms with E-state index in [-0.39, 0.29) is 11.9 Å². The first-order valence-corrected chi connectivity index (χ1v) is 8.37. The number of Topliss-reactive ketones (excluding diaryl/α,β-unsaturated/α-hetero) is 1. The van der Waals surface area contributed by atoms with Crippen molar-refractivity contribution in [2.75, 3.05) is 7.05 Å². The van der Waals surface area contributed by atoms with Crippen LogP contribution in [0.4, 0.5) is 0 Å². The number of amides is 1. The molecule has 108 valence electrons. The molecule has 0 atom stereocenters. The Labute approximate surface area is 124 Å². The highest BCUT2D eigenvalue weighted by atomic mass is 32.1. The van der Waals surface area contributed by atoms with Crippen molar-refractivity contribution in [3.05, 3.63) is 21.4 Å². The first kappa shape index (κ1) is 13.8. The number of hydrogen-bond acceptors (Lipinski definition) is 3. The summed E-state index contributed by atoms with van der Waals surface area (Å²) in [6.45, 7) is 0. The fraction of sp³-hybridized carbons (Fsp3) is 0.625. The molecule has 0 aromatic carbocycles. The molecule has 0 N–H and O–H groups in total. The number of fused-ring (bicyclic) bond motifs is 1. The van der Waals surface area contributed by atoms with E-state index >= 15 is 0 Å². The van der Waals surface area contributed by atoms with Gasteiger partial charge in [0.05, 0.1) is 4.88 Å². The number of rotatable bonds is 2. The SMILES string of the molecule is CN(C(=O)c1cc2c(s1)CCCC2)C1CCC(=O)CC1. The Balaban J connectivity index is 1.71. The fourth-order valence-corrected chi connectivity index (χ4v) is 4.48. The van der Waals surface area contributed by atoms with Crippen molar-refractivity contribution in [3.63, 3.8) is 0 Å². The first-order valence-electron chi connectivity index (χ1n) is 7.55. The molecule has 0 radical (unpaired) electrons. The first-order chi connectivity index (χ1) is 9.65. The molecule has 2 aliphatic carbocycles. The molecule has 0 aliphatic heterocycles. The Morgan fingerprint density at radius 1 is 1.20 bits per heavy atom. The van der Waals surface area contributed by atoms with Crippen LogP contribution < -0.4 is 0 Å². The standard InChI is InChI=1S/C16H21NO2S/c1-17(12-6-8-13(18)9-7-12)16(19)15-10-11-4-2-3-5-14(11)20-15/h10,12H,2-9H2,1H3. The summed E-state index contributed by atoms with van der Waals surface area (Å²) in [7, 11) is 1.89. The quantitative estimate of drug-likeness (QED) is 0.839. The van der Waals surface area contributed by atoms with E-state index in [2.05, 4.69) is 6.07 Å². The van der Waals surface area contributed by atoms with E-state index in [0.717, 1.165) is 30.6 Å². The molecule has 3 rings (SSSR count). The lowest BCUT2D eigenvalue weighted by atomic mass is 9.93. The normalized spacial score (nSPS) is 19.8. The molecule has 3 nitrogen and oxygen atoms in total. The second-order valence-corrected chi connectivity index (χ2v) is 7.09. The molecule has 1 fully saturated rings. The van der Waals surface area contributed by atoms with Gasteiger partial charge in [0.25, 0.3) is 5.91 Å². The average Bonchev–Trinajstić information content (AvgIpc) is 2.90. The van der Waals surface area contributed by atoms with Crippen molar-refractivity contribution in [2.45, 2.75) is 57.4 Å². The molecular weight excluding hydrogens is 270 g/mol. The van der Waals surface area contributed by atoms with E-state index < -0.39 is 0 Å². The molecule has 0 unspecified atom stereocenters. The minimum atomic E-state index is 0.142. The van der Waals surface area contributed by atoms with Crippen molar-refractivity contribution in [3.8, 4) is 0 Å². The van der Waals surface area contributed by atoms with Crippen LogP contribution in [0, 0.1) is 0 Å². The van der Waals surface area contributed by atoms with Crippen LogP contribution in [0.15, 0.2) is 6.07 Å². The number of thiophene rings is 1. The Morgan fingerprint density at radius 3 is 2.60 bits per heavy atom. The molecular formula is C16H21NO2S. The van der Waals surface area contributed by atoms with E-state index in [1.165, 1.54) is 23.3 Å². The van der Waals surface area contributed by atoms with Gasteiger partial charge in [0.15, 0.2) is 0 Å². The van der Waals surface area contributed by atoms with Crippen LogP contribution in [-0.4, -0.2) is 29.7 Å². The Morgan fingerprint density at radius 2 is 1.90 bits per heavy atom. The summed E-state index contributed by atoms with van der Waals surface area (Å²) in [5, 5.41) is 0. The van der Waals surface area contributed by atoms with Gasteiger partial charge in [-0.1, -0.05) is 0 Å². The molecule has 1 saturated carbocycles. The molecule has 1 aromatic heterocycles. The van der Waals surface area contributed by atoms with Gasteiger partial charge in [-0.3, -0.25) is 9.59 Å². The number of hydrogen-bond donors (Lipinski definition) is 0. The summed E-state index contributed by atoms with van der Waals surface area (Å²) in [5.41, 5.74) is 1.39. The van der Waals surface area contributed by atoms with Crippen molar-refractivity contribution in [1.29, 1.82) is 0 Å². The lowest BCUT2D eigenvalue weighted by molar-refractivity contribution is -0.121. The second-order valence-electron chi connectivity index (χ2n) is 5.95. The van der Waals surface area contributed by atoms with E-state index in [0.29, 0.717) is 18.6 Å². The molecule has 0 bridgehead atoms. The zero-order valence-electron chi connectivity index (χ0n) is 12.0. The maximum atomic E-state index is 12.6. The van der Waals surface area contributed by atoms with Crippen molar-refractivity contribution in [2.24, 2.45) is 0 Å². The van der Waals surface area contributed by atoms with Crippen molar-refractivity contribution >= 4 is 23.0 Å². The van der Waals surface area contributed by atoms with Crippen LogP contribution in [0.3, 0.4) is 0 Å². The van der Waals surface area contributed by atoms with Crippen LogP contribution in [0.1, 0.15) is 58.6 Å². The summed E-state index contributed by atoms with van der Waals surface area (Å²) in [4.78, 5) is 28.1. The van der Waals surface area contributed by atoms with Gasteiger partial charge in [0.1, 0.15) is 5.78 Å². The minimum absolute atomic E-state index is 0.142. The van der Waals surface area contributed by atoms with Crippen LogP contribution >= 0.6 is 11.3 Å². The monoisotopic (exact) mass is 291 g/mol. The van der Waals surface area contributed by atoms with Gasteiger partial charge >= 0.3 is 0 Å². The lowest BCUT2D eigenvalue weighted by Gasteiger charge is -2.30. The third-order valence-corrected chi connectivity index (χ3v) is 5.81. The number of carbonyl (C=O) groups excluding carboxylic acids is 2. The smallest absolute Gasteiger partial charge is 0.263 e. The predicted molar refractivity (Wildman–Crippen MR) is 80.3 cm³/mol. The van der Waals surface area contributed by atoms with Gasteiger partial charge in [0, 0.05) is 30.8 Å².